The molecule has 0 bridgehead atoms. The minimum Gasteiger partial charge on any atom is -0.493 e. The van der Waals surface area contributed by atoms with Gasteiger partial charge in [-0.15, -0.1) is 0 Å². The quantitative estimate of drug-likeness (QED) is 0.908. The molecular weight excluding hydrogens is 312 g/mol. The van der Waals surface area contributed by atoms with Gasteiger partial charge in [0, 0.05) is 43.9 Å². The Hall–Kier alpha value is -2.14. The number of nitrogens with zero attached hydrogens (tertiary/aromatic N) is 3. The van der Waals surface area contributed by atoms with Gasteiger partial charge in [0.15, 0.2) is 0 Å². The number of aryl methyl sites for hydroxylation is 1. The van der Waals surface area contributed by atoms with E-state index in [1.54, 1.807) is 6.33 Å². The van der Waals surface area contributed by atoms with Gasteiger partial charge in [0.1, 0.15) is 17.9 Å². The molecule has 0 unspecified atom stereocenters. The standard InChI is InChI=1S/C20H26N4O/c1-2-17-12-20(23-14-22-17)24-8-5-18(6-9-24)21-13-15-3-4-19-16(11-15)7-10-25-19/h3-4,11-12,14,18,21H,2,5-10,13H2,1H3. The topological polar surface area (TPSA) is 50.3 Å². The van der Waals surface area contributed by atoms with E-state index in [2.05, 4.69) is 51.4 Å². The highest BCUT2D eigenvalue weighted by molar-refractivity contribution is 5.40. The lowest BCUT2D eigenvalue weighted by Crippen LogP contribution is -2.42. The molecule has 1 fully saturated rings. The van der Waals surface area contributed by atoms with Crippen LogP contribution in [0.25, 0.3) is 0 Å². The lowest BCUT2D eigenvalue weighted by molar-refractivity contribution is 0.356. The van der Waals surface area contributed by atoms with E-state index in [1.165, 1.54) is 11.1 Å². The third kappa shape index (κ3) is 3.76. The molecule has 5 heteroatoms. The molecule has 1 saturated heterocycles. The summed E-state index contributed by atoms with van der Waals surface area (Å²) in [6, 6.07) is 9.29. The van der Waals surface area contributed by atoms with Crippen molar-refractivity contribution < 1.29 is 4.74 Å². The highest BCUT2D eigenvalue weighted by Crippen LogP contribution is 2.26. The normalized spacial score (nSPS) is 17.4. The predicted octanol–water partition coefficient (Wildman–Crippen LogP) is 2.73. The molecule has 0 spiro atoms. The van der Waals surface area contributed by atoms with Crippen LogP contribution in [0.3, 0.4) is 0 Å². The van der Waals surface area contributed by atoms with E-state index in [0.29, 0.717) is 6.04 Å². The van der Waals surface area contributed by atoms with Gasteiger partial charge in [-0.3, -0.25) is 0 Å². The number of aromatic nitrogens is 2. The van der Waals surface area contributed by atoms with Crippen LogP contribution in [0.15, 0.2) is 30.6 Å². The van der Waals surface area contributed by atoms with Crippen molar-refractivity contribution in [2.24, 2.45) is 0 Å². The molecule has 2 aliphatic rings. The second-order valence-electron chi connectivity index (χ2n) is 6.90. The number of fused-ring (bicyclic) bond motifs is 1. The molecule has 0 atom stereocenters. The van der Waals surface area contributed by atoms with Gasteiger partial charge in [-0.25, -0.2) is 9.97 Å². The number of nitrogens with one attached hydrogen (secondary N) is 1. The fourth-order valence-corrected chi connectivity index (χ4v) is 3.68. The van der Waals surface area contributed by atoms with Crippen LogP contribution in [0.4, 0.5) is 5.82 Å². The highest BCUT2D eigenvalue weighted by Gasteiger charge is 2.20. The van der Waals surface area contributed by atoms with Gasteiger partial charge in [-0.2, -0.15) is 0 Å². The molecular formula is C20H26N4O. The monoisotopic (exact) mass is 338 g/mol. The van der Waals surface area contributed by atoms with E-state index in [4.69, 9.17) is 4.74 Å². The zero-order chi connectivity index (χ0) is 17.1. The van der Waals surface area contributed by atoms with Gasteiger partial charge < -0.3 is 15.0 Å². The Balaban J connectivity index is 1.29. The molecule has 2 aromatic rings. The molecule has 1 N–H and O–H groups in total. The SMILES string of the molecule is CCc1cc(N2CCC(NCc3ccc4c(c3)CCO4)CC2)ncn1. The maximum atomic E-state index is 5.58. The average molecular weight is 338 g/mol. The van der Waals surface area contributed by atoms with Gasteiger partial charge in [-0.05, 0) is 36.5 Å². The smallest absolute Gasteiger partial charge is 0.132 e. The predicted molar refractivity (Wildman–Crippen MR) is 99.1 cm³/mol. The van der Waals surface area contributed by atoms with E-state index in [0.717, 1.165) is 69.2 Å². The fraction of sp³-hybridized carbons (Fsp3) is 0.500. The molecule has 2 aliphatic heterocycles. The molecule has 4 rings (SSSR count). The van der Waals surface area contributed by atoms with E-state index >= 15 is 0 Å². The molecule has 25 heavy (non-hydrogen) atoms. The molecule has 3 heterocycles. The lowest BCUT2D eigenvalue weighted by Gasteiger charge is -2.33. The minimum absolute atomic E-state index is 0.577. The average Bonchev–Trinajstić information content (AvgIpc) is 3.14. The van der Waals surface area contributed by atoms with Crippen LogP contribution in [0.5, 0.6) is 5.75 Å². The highest BCUT2D eigenvalue weighted by atomic mass is 16.5. The molecule has 1 aromatic heterocycles. The lowest BCUT2D eigenvalue weighted by atomic mass is 10.0. The molecule has 0 radical (unpaired) electrons. The third-order valence-electron chi connectivity index (χ3n) is 5.24. The third-order valence-corrected chi connectivity index (χ3v) is 5.24. The summed E-state index contributed by atoms with van der Waals surface area (Å²) in [7, 11) is 0. The second kappa shape index (κ2) is 7.40. The van der Waals surface area contributed by atoms with Gasteiger partial charge in [0.05, 0.1) is 6.61 Å². The molecule has 132 valence electrons. The van der Waals surface area contributed by atoms with E-state index in [-0.39, 0.29) is 0 Å². The number of benzene rings is 1. The Bertz CT molecular complexity index is 725. The Morgan fingerprint density at radius 3 is 2.92 bits per heavy atom. The van der Waals surface area contributed by atoms with Gasteiger partial charge >= 0.3 is 0 Å². The number of piperidine rings is 1. The number of ether oxygens (including phenoxy) is 1. The number of hydrogen-bond donors (Lipinski definition) is 1. The zero-order valence-electron chi connectivity index (χ0n) is 14.9. The zero-order valence-corrected chi connectivity index (χ0v) is 14.9. The molecule has 0 amide bonds. The number of anilines is 1. The number of rotatable bonds is 5. The van der Waals surface area contributed by atoms with Crippen molar-refractivity contribution in [2.45, 2.75) is 45.2 Å². The van der Waals surface area contributed by atoms with E-state index in [9.17, 15) is 0 Å². The Morgan fingerprint density at radius 1 is 1.20 bits per heavy atom. The van der Waals surface area contributed by atoms with Gasteiger partial charge in [0.25, 0.3) is 0 Å². The largest absolute Gasteiger partial charge is 0.493 e. The molecule has 0 aliphatic carbocycles. The van der Waals surface area contributed by atoms with Gasteiger partial charge in [-0.1, -0.05) is 19.1 Å². The van der Waals surface area contributed by atoms with E-state index in [1.807, 2.05) is 0 Å². The minimum atomic E-state index is 0.577. The first-order valence-corrected chi connectivity index (χ1v) is 9.35. The summed E-state index contributed by atoms with van der Waals surface area (Å²) in [5, 5.41) is 3.72. The summed E-state index contributed by atoms with van der Waals surface area (Å²) in [4.78, 5) is 11.1. The summed E-state index contributed by atoms with van der Waals surface area (Å²) in [5.41, 5.74) is 3.82. The van der Waals surface area contributed by atoms with Crippen molar-refractivity contribution in [1.82, 2.24) is 15.3 Å². The van der Waals surface area contributed by atoms with Crippen LogP contribution in [-0.2, 0) is 19.4 Å². The summed E-state index contributed by atoms with van der Waals surface area (Å²) in [6.45, 7) is 6.00. The molecule has 1 aromatic carbocycles. The maximum Gasteiger partial charge on any atom is 0.132 e. The van der Waals surface area contributed by atoms with Crippen LogP contribution in [0.2, 0.25) is 0 Å². The first-order valence-electron chi connectivity index (χ1n) is 9.35. The molecule has 0 saturated carbocycles. The number of hydrogen-bond acceptors (Lipinski definition) is 5. The van der Waals surface area contributed by atoms with Crippen molar-refractivity contribution in [3.05, 3.63) is 47.4 Å². The van der Waals surface area contributed by atoms with Crippen LogP contribution in [-0.4, -0.2) is 35.7 Å². The second-order valence-corrected chi connectivity index (χ2v) is 6.90. The van der Waals surface area contributed by atoms with Crippen molar-refractivity contribution in [3.63, 3.8) is 0 Å². The summed E-state index contributed by atoms with van der Waals surface area (Å²) in [6.07, 6.45) is 5.99. The Labute approximate surface area is 149 Å². The summed E-state index contributed by atoms with van der Waals surface area (Å²) < 4.78 is 5.58. The molecule has 5 nitrogen and oxygen atoms in total. The fourth-order valence-electron chi connectivity index (χ4n) is 3.68. The first kappa shape index (κ1) is 16.3. The van der Waals surface area contributed by atoms with Crippen molar-refractivity contribution in [3.8, 4) is 5.75 Å². The van der Waals surface area contributed by atoms with Crippen LogP contribution < -0.4 is 15.0 Å². The van der Waals surface area contributed by atoms with Crippen molar-refractivity contribution in [2.75, 3.05) is 24.6 Å². The summed E-state index contributed by atoms with van der Waals surface area (Å²) >= 11 is 0. The Morgan fingerprint density at radius 2 is 2.08 bits per heavy atom. The summed E-state index contributed by atoms with van der Waals surface area (Å²) in [5.74, 6) is 2.14. The Kier molecular flexibility index (Phi) is 4.83. The van der Waals surface area contributed by atoms with Crippen molar-refractivity contribution in [1.29, 1.82) is 0 Å². The first-order chi connectivity index (χ1) is 12.3. The maximum absolute atomic E-state index is 5.58. The van der Waals surface area contributed by atoms with Crippen LogP contribution in [0, 0.1) is 0 Å². The van der Waals surface area contributed by atoms with E-state index < -0.39 is 0 Å². The van der Waals surface area contributed by atoms with Gasteiger partial charge in [0.2, 0.25) is 0 Å². The van der Waals surface area contributed by atoms with Crippen LogP contribution >= 0.6 is 0 Å². The van der Waals surface area contributed by atoms with Crippen molar-refractivity contribution >= 4 is 5.82 Å². The van der Waals surface area contributed by atoms with Crippen LogP contribution in [0.1, 0.15) is 36.6 Å².